The Kier molecular flexibility index (Phi) is 45.0. The van der Waals surface area contributed by atoms with Crippen molar-refractivity contribution in [3.05, 3.63) is 0 Å². The Morgan fingerprint density at radius 2 is 0.540 bits per heavy atom. The summed E-state index contributed by atoms with van der Waals surface area (Å²) in [6, 6.07) is 0. The zero-order valence-corrected chi connectivity index (χ0v) is 36.5. The molecule has 0 saturated heterocycles. The van der Waals surface area contributed by atoms with Gasteiger partial charge < -0.3 is 30.4 Å². The largest absolute Gasteiger partial charge is 0.548 e. The van der Waals surface area contributed by atoms with Crippen LogP contribution >= 0.6 is 14.5 Å². The van der Waals surface area contributed by atoms with E-state index in [0.717, 1.165) is 0 Å². The number of hydrogen-bond donors (Lipinski definition) is 2. The molecule has 0 aliphatic heterocycles. The molecule has 0 unspecified atom stereocenters. The predicted octanol–water partition coefficient (Wildman–Crippen LogP) is 8.15. The Hall–Kier alpha value is -1.26. The van der Waals surface area contributed by atoms with Gasteiger partial charge in [-0.15, -0.1) is 0 Å². The maximum absolute atomic E-state index is 9.95. The molecular weight excluding hydrogens is 666 g/mol. The first-order valence-electron chi connectivity index (χ1n) is 20.3. The molecular formula is C40H84N2O6P2. The van der Waals surface area contributed by atoms with E-state index >= 15 is 0 Å². The average Bonchev–Trinajstić information content (AvgIpc) is 3.09. The maximum atomic E-state index is 9.95. The van der Waals surface area contributed by atoms with E-state index in [1.807, 2.05) is 10.6 Å². The first kappa shape index (κ1) is 55.5. The number of carboxylic acids is 2. The van der Waals surface area contributed by atoms with Crippen LogP contribution in [0.1, 0.15) is 172 Å². The van der Waals surface area contributed by atoms with Crippen LogP contribution in [0, 0.1) is 0 Å². The quantitative estimate of drug-likeness (QED) is 0.0775. The fourth-order valence-electron chi connectivity index (χ4n) is 5.68. The van der Waals surface area contributed by atoms with Gasteiger partial charge in [-0.2, -0.15) is 0 Å². The van der Waals surface area contributed by atoms with Crippen molar-refractivity contribution in [3.8, 4) is 0 Å². The van der Waals surface area contributed by atoms with E-state index < -0.39 is 39.6 Å². The summed E-state index contributed by atoms with van der Waals surface area (Å²) in [7, 11) is -1.12. The van der Waals surface area contributed by atoms with Crippen molar-refractivity contribution >= 4 is 38.3 Å². The molecule has 0 heterocycles. The molecule has 0 fully saturated rings. The first-order chi connectivity index (χ1) is 23.7. The van der Waals surface area contributed by atoms with Crippen molar-refractivity contribution in [1.82, 2.24) is 10.6 Å². The number of hydrogen-bond acceptors (Lipinski definition) is 6. The number of nitrogens with one attached hydrogen (secondary N) is 2. The second kappa shape index (κ2) is 40.5. The summed E-state index contributed by atoms with van der Waals surface area (Å²) >= 11 is 0. The van der Waals surface area contributed by atoms with E-state index in [4.69, 9.17) is 0 Å². The van der Waals surface area contributed by atoms with Gasteiger partial charge in [0, 0.05) is 28.4 Å². The van der Waals surface area contributed by atoms with Crippen molar-refractivity contribution in [1.29, 1.82) is 0 Å². The number of aliphatic carboxylic acids is 2. The van der Waals surface area contributed by atoms with Crippen LogP contribution in [0.3, 0.4) is 0 Å². The summed E-state index contributed by atoms with van der Waals surface area (Å²) < 4.78 is 0. The second-order valence-corrected chi connectivity index (χ2v) is 22.8. The van der Waals surface area contributed by atoms with Crippen LogP contribution in [-0.2, 0) is 19.2 Å². The minimum atomic E-state index is -1.28. The highest BCUT2D eigenvalue weighted by Crippen LogP contribution is 2.62. The molecule has 0 aromatic heterocycles. The molecule has 0 aliphatic carbocycles. The minimum Gasteiger partial charge on any atom is -0.548 e. The maximum Gasteiger partial charge on any atom is 0.217 e. The van der Waals surface area contributed by atoms with E-state index in [-0.39, 0.29) is 11.8 Å². The summed E-state index contributed by atoms with van der Waals surface area (Å²) in [4.78, 5) is 39.0. The normalized spacial score (nSPS) is 10.8. The van der Waals surface area contributed by atoms with Gasteiger partial charge in [-0.3, -0.25) is 9.59 Å². The zero-order chi connectivity index (χ0) is 39.1. The van der Waals surface area contributed by atoms with Gasteiger partial charge in [0.1, 0.15) is 0 Å². The van der Waals surface area contributed by atoms with Gasteiger partial charge in [0.15, 0.2) is 0 Å². The third-order valence-corrected chi connectivity index (χ3v) is 19.0. The van der Waals surface area contributed by atoms with E-state index in [2.05, 4.69) is 55.4 Å². The van der Waals surface area contributed by atoms with Crippen LogP contribution < -0.4 is 20.8 Å². The minimum absolute atomic E-state index is 0.366. The molecule has 0 spiro atoms. The van der Waals surface area contributed by atoms with Crippen LogP contribution in [0.25, 0.3) is 0 Å². The molecule has 2 N–H and O–H groups in total. The molecule has 0 saturated carbocycles. The molecule has 0 atom stereocenters. The number of unbranched alkanes of at least 4 members (excludes halogenated alkanes) is 8. The molecule has 0 aromatic rings. The van der Waals surface area contributed by atoms with Crippen LogP contribution in [0.15, 0.2) is 0 Å². The molecule has 0 aliphatic rings. The molecule has 8 nitrogen and oxygen atoms in total. The Labute approximate surface area is 311 Å². The summed E-state index contributed by atoms with van der Waals surface area (Å²) in [5.74, 6) is -3.29. The number of carbonyl (C=O) groups excluding carboxylic acids is 4. The van der Waals surface area contributed by atoms with E-state index in [9.17, 15) is 29.4 Å². The Morgan fingerprint density at radius 3 is 0.620 bits per heavy atom. The van der Waals surface area contributed by atoms with Crippen LogP contribution in [0.4, 0.5) is 0 Å². The number of carbonyl (C=O) groups is 4. The van der Waals surface area contributed by atoms with Crippen molar-refractivity contribution in [2.45, 2.75) is 172 Å². The topological polar surface area (TPSA) is 138 Å². The lowest BCUT2D eigenvalue weighted by Crippen LogP contribution is -2.36. The van der Waals surface area contributed by atoms with Crippen molar-refractivity contribution in [2.75, 3.05) is 62.4 Å². The van der Waals surface area contributed by atoms with Gasteiger partial charge in [0.2, 0.25) is 11.8 Å². The molecule has 300 valence electrons. The third kappa shape index (κ3) is 41.2. The van der Waals surface area contributed by atoms with Crippen LogP contribution in [-0.4, -0.2) is 86.1 Å². The second-order valence-electron chi connectivity index (χ2n) is 13.9. The van der Waals surface area contributed by atoms with Gasteiger partial charge in [-0.05, 0) is 51.4 Å². The molecule has 50 heavy (non-hydrogen) atoms. The Bertz CT molecular complexity index is 631. The first-order valence-corrected chi connectivity index (χ1v) is 25.4. The van der Waals surface area contributed by atoms with Gasteiger partial charge in [-0.1, -0.05) is 107 Å². The fourth-order valence-corrected chi connectivity index (χ4v) is 16.3. The SMILES string of the molecule is CC(=O)NCC(=O)[O-].CC(=O)NCC(=O)[O-].CCCC[P+](CCCC)(CCCC)CCCC.CCCC[P+](CCCC)(CCCC)CCCC. The smallest absolute Gasteiger partial charge is 0.217 e. The summed E-state index contributed by atoms with van der Waals surface area (Å²) in [5.41, 5.74) is 0. The lowest BCUT2D eigenvalue weighted by Gasteiger charge is -2.28. The standard InChI is InChI=1S/2C16H36P.2C4H7NO3/c2*1-5-9-13-17(14-10-6-2,15-11-7-3)16-12-8-4;2*1-3(6)5-2-4(7)8/h2*5-16H2,1-4H3;2*2H2,1H3,(H,5,6)(H,7,8)/q2*+1;;/p-2. The fraction of sp³-hybridized carbons (Fsp3) is 0.900. The van der Waals surface area contributed by atoms with E-state index in [1.54, 1.807) is 49.3 Å². The average molecular weight is 751 g/mol. The third-order valence-electron chi connectivity index (χ3n) is 8.85. The highest BCUT2D eigenvalue weighted by Gasteiger charge is 2.35. The lowest BCUT2D eigenvalue weighted by molar-refractivity contribution is -0.305. The lowest BCUT2D eigenvalue weighted by atomic mass is 10.4. The van der Waals surface area contributed by atoms with Crippen molar-refractivity contribution in [3.63, 3.8) is 0 Å². The summed E-state index contributed by atoms with van der Waals surface area (Å²) in [6.07, 6.45) is 35.9. The Balaban J connectivity index is -0.000000300. The summed E-state index contributed by atoms with van der Waals surface area (Å²) in [6.45, 7) is 20.5. The monoisotopic (exact) mass is 751 g/mol. The van der Waals surface area contributed by atoms with E-state index in [0.29, 0.717) is 0 Å². The van der Waals surface area contributed by atoms with E-state index in [1.165, 1.54) is 117 Å². The molecule has 0 rings (SSSR count). The van der Waals surface area contributed by atoms with Crippen molar-refractivity contribution in [2.24, 2.45) is 0 Å². The molecule has 0 aromatic carbocycles. The predicted molar refractivity (Wildman–Crippen MR) is 219 cm³/mol. The number of carboxylic acid groups (broad SMARTS) is 2. The van der Waals surface area contributed by atoms with Gasteiger partial charge in [-0.25, -0.2) is 0 Å². The number of amides is 2. The number of rotatable bonds is 28. The highest BCUT2D eigenvalue weighted by molar-refractivity contribution is 7.76. The molecule has 2 amide bonds. The highest BCUT2D eigenvalue weighted by atomic mass is 31.2. The molecule has 10 heteroatoms. The molecule has 0 bridgehead atoms. The van der Waals surface area contributed by atoms with Crippen LogP contribution in [0.2, 0.25) is 0 Å². The van der Waals surface area contributed by atoms with Crippen LogP contribution in [0.5, 0.6) is 0 Å². The summed E-state index contributed by atoms with van der Waals surface area (Å²) in [5, 5.41) is 23.2. The molecule has 0 radical (unpaired) electrons. The van der Waals surface area contributed by atoms with Gasteiger partial charge >= 0.3 is 0 Å². The zero-order valence-electron chi connectivity index (χ0n) is 34.7. The van der Waals surface area contributed by atoms with Gasteiger partial charge in [0.25, 0.3) is 0 Å². The van der Waals surface area contributed by atoms with Crippen molar-refractivity contribution < 1.29 is 29.4 Å². The van der Waals surface area contributed by atoms with Gasteiger partial charge in [0.05, 0.1) is 74.3 Å². The Morgan fingerprint density at radius 1 is 0.380 bits per heavy atom.